The van der Waals surface area contributed by atoms with Crippen LogP contribution < -0.4 is 0 Å². The van der Waals surface area contributed by atoms with Crippen molar-refractivity contribution in [1.29, 1.82) is 0 Å². The van der Waals surface area contributed by atoms with E-state index in [1.54, 1.807) is 0 Å². The second kappa shape index (κ2) is 7.39. The predicted molar refractivity (Wildman–Crippen MR) is 107 cm³/mol. The van der Waals surface area contributed by atoms with Crippen LogP contribution in [0.1, 0.15) is 37.8 Å². The highest BCUT2D eigenvalue weighted by Crippen LogP contribution is 2.38. The summed E-state index contributed by atoms with van der Waals surface area (Å²) in [5, 5.41) is 0. The first-order chi connectivity index (χ1) is 11.2. The Bertz CT molecular complexity index is 661. The molecule has 0 N–H and O–H groups in total. The lowest BCUT2D eigenvalue weighted by Crippen LogP contribution is -2.25. The average molecular weight is 339 g/mol. The number of benzene rings is 2. The number of rotatable bonds is 5. The summed E-state index contributed by atoms with van der Waals surface area (Å²) in [5.74, 6) is 1.31. The molecule has 0 bridgehead atoms. The van der Waals surface area contributed by atoms with Gasteiger partial charge in [0.2, 0.25) is 8.32 Å². The van der Waals surface area contributed by atoms with Gasteiger partial charge in [0.25, 0.3) is 0 Å². The van der Waals surface area contributed by atoms with E-state index >= 15 is 0 Å². The molecule has 0 saturated heterocycles. The van der Waals surface area contributed by atoms with Gasteiger partial charge in [-0.05, 0) is 36.7 Å². The second-order valence-electron chi connectivity index (χ2n) is 8.37. The number of hydrogen-bond donors (Lipinski definition) is 0. The van der Waals surface area contributed by atoms with E-state index in [9.17, 15) is 0 Å². The van der Waals surface area contributed by atoms with Crippen molar-refractivity contribution in [2.24, 2.45) is 5.41 Å². The van der Waals surface area contributed by atoms with E-state index in [2.05, 4.69) is 101 Å². The smallest absolute Gasteiger partial charge is 0.242 e. The van der Waals surface area contributed by atoms with E-state index < -0.39 is 8.32 Å². The quantitative estimate of drug-likeness (QED) is 0.435. The summed E-state index contributed by atoms with van der Waals surface area (Å²) < 4.78 is 6.47. The maximum Gasteiger partial charge on any atom is 0.242 e. The van der Waals surface area contributed by atoms with E-state index in [1.165, 1.54) is 5.56 Å². The van der Waals surface area contributed by atoms with E-state index in [-0.39, 0.29) is 5.41 Å². The van der Waals surface area contributed by atoms with Crippen LogP contribution in [0.3, 0.4) is 0 Å². The van der Waals surface area contributed by atoms with Crippen molar-refractivity contribution in [2.45, 2.75) is 46.3 Å². The lowest BCUT2D eigenvalue weighted by atomic mass is 9.76. The van der Waals surface area contributed by atoms with Crippen molar-refractivity contribution >= 4 is 14.1 Å². The standard InChI is InChI=1S/C22H30OSi/c1-22(2,3)20(18-13-9-7-10-14-18)17-21(23-24(4,5)6)19-15-11-8-12-16-19/h7-17,20H,1-6H3/b21-17-. The van der Waals surface area contributed by atoms with Crippen LogP contribution in [-0.4, -0.2) is 8.32 Å². The molecule has 24 heavy (non-hydrogen) atoms. The third kappa shape index (κ3) is 5.38. The highest BCUT2D eigenvalue weighted by Gasteiger charge is 2.27. The molecular weight excluding hydrogens is 308 g/mol. The largest absolute Gasteiger partial charge is 0.544 e. The topological polar surface area (TPSA) is 9.23 Å². The minimum Gasteiger partial charge on any atom is -0.544 e. The Balaban J connectivity index is 2.52. The van der Waals surface area contributed by atoms with Crippen LogP contribution in [-0.2, 0) is 4.43 Å². The summed E-state index contributed by atoms with van der Waals surface area (Å²) in [7, 11) is -1.70. The number of hydrogen-bond acceptors (Lipinski definition) is 1. The molecule has 2 heteroatoms. The second-order valence-corrected chi connectivity index (χ2v) is 12.8. The molecule has 0 fully saturated rings. The summed E-state index contributed by atoms with van der Waals surface area (Å²) >= 11 is 0. The van der Waals surface area contributed by atoms with Gasteiger partial charge in [-0.2, -0.15) is 0 Å². The van der Waals surface area contributed by atoms with Crippen molar-refractivity contribution < 1.29 is 4.43 Å². The van der Waals surface area contributed by atoms with Crippen LogP contribution in [0.4, 0.5) is 0 Å². The van der Waals surface area contributed by atoms with Gasteiger partial charge in [-0.25, -0.2) is 0 Å². The van der Waals surface area contributed by atoms with E-state index in [4.69, 9.17) is 4.43 Å². The molecule has 2 rings (SSSR count). The maximum atomic E-state index is 6.47. The van der Waals surface area contributed by atoms with Crippen LogP contribution in [0.5, 0.6) is 0 Å². The summed E-state index contributed by atoms with van der Waals surface area (Å²) in [6.45, 7) is 13.6. The summed E-state index contributed by atoms with van der Waals surface area (Å²) in [6, 6.07) is 21.2. The van der Waals surface area contributed by atoms with Crippen molar-refractivity contribution in [1.82, 2.24) is 0 Å². The van der Waals surface area contributed by atoms with Crippen molar-refractivity contribution in [3.8, 4) is 0 Å². The molecule has 0 aliphatic carbocycles. The van der Waals surface area contributed by atoms with Gasteiger partial charge in [-0.3, -0.25) is 0 Å². The molecule has 1 unspecified atom stereocenters. The molecule has 0 aromatic heterocycles. The number of allylic oxidation sites excluding steroid dienone is 1. The molecule has 2 aromatic rings. The SMILES string of the molecule is CC(C)(C)C(/C=C(\O[Si](C)(C)C)c1ccccc1)c1ccccc1. The fraction of sp³-hybridized carbons (Fsp3) is 0.364. The molecule has 0 aliphatic rings. The highest BCUT2D eigenvalue weighted by molar-refractivity contribution is 6.70. The Morgan fingerprint density at radius 3 is 1.83 bits per heavy atom. The van der Waals surface area contributed by atoms with Gasteiger partial charge in [0.15, 0.2) is 0 Å². The van der Waals surface area contributed by atoms with Gasteiger partial charge < -0.3 is 4.43 Å². The Hall–Kier alpha value is -1.80. The average Bonchev–Trinajstić information content (AvgIpc) is 2.51. The van der Waals surface area contributed by atoms with Gasteiger partial charge >= 0.3 is 0 Å². The molecule has 128 valence electrons. The molecule has 1 atom stereocenters. The Kier molecular flexibility index (Phi) is 5.71. The zero-order valence-corrected chi connectivity index (χ0v) is 16.8. The minimum absolute atomic E-state index is 0.115. The highest BCUT2D eigenvalue weighted by atomic mass is 28.4. The van der Waals surface area contributed by atoms with Gasteiger partial charge in [0.1, 0.15) is 5.76 Å². The van der Waals surface area contributed by atoms with Crippen LogP contribution in [0.25, 0.3) is 5.76 Å². The Morgan fingerprint density at radius 1 is 0.875 bits per heavy atom. The third-order valence-electron chi connectivity index (χ3n) is 3.88. The maximum absolute atomic E-state index is 6.47. The van der Waals surface area contributed by atoms with Gasteiger partial charge in [-0.15, -0.1) is 0 Å². The zero-order chi connectivity index (χ0) is 17.8. The minimum atomic E-state index is -1.70. The lowest BCUT2D eigenvalue weighted by molar-refractivity contribution is 0.362. The summed E-state index contributed by atoms with van der Waals surface area (Å²) in [4.78, 5) is 0. The third-order valence-corrected chi connectivity index (χ3v) is 4.72. The summed E-state index contributed by atoms with van der Waals surface area (Å²) in [5.41, 5.74) is 2.60. The fourth-order valence-corrected chi connectivity index (χ4v) is 3.63. The van der Waals surface area contributed by atoms with Crippen molar-refractivity contribution in [3.05, 3.63) is 77.9 Å². The first-order valence-corrected chi connectivity index (χ1v) is 12.1. The van der Waals surface area contributed by atoms with E-state index in [0.29, 0.717) is 5.92 Å². The van der Waals surface area contributed by atoms with E-state index in [1.807, 2.05) is 6.07 Å². The Labute approximate surface area is 148 Å². The molecule has 0 amide bonds. The molecule has 0 heterocycles. The monoisotopic (exact) mass is 338 g/mol. The van der Waals surface area contributed by atoms with Gasteiger partial charge in [0, 0.05) is 11.5 Å². The molecule has 2 aromatic carbocycles. The fourth-order valence-electron chi connectivity index (χ4n) is 2.78. The van der Waals surface area contributed by atoms with Crippen LogP contribution in [0.2, 0.25) is 19.6 Å². The van der Waals surface area contributed by atoms with Crippen LogP contribution in [0.15, 0.2) is 66.7 Å². The van der Waals surface area contributed by atoms with Crippen molar-refractivity contribution in [2.75, 3.05) is 0 Å². The van der Waals surface area contributed by atoms with E-state index in [0.717, 1.165) is 11.3 Å². The zero-order valence-electron chi connectivity index (χ0n) is 15.8. The Morgan fingerprint density at radius 2 is 1.38 bits per heavy atom. The van der Waals surface area contributed by atoms with Crippen LogP contribution in [0, 0.1) is 5.41 Å². The van der Waals surface area contributed by atoms with Crippen molar-refractivity contribution in [3.63, 3.8) is 0 Å². The van der Waals surface area contributed by atoms with Gasteiger partial charge in [-0.1, -0.05) is 81.4 Å². The molecule has 0 spiro atoms. The molecular formula is C22H30OSi. The predicted octanol–water partition coefficient (Wildman–Crippen LogP) is 6.71. The normalized spacial score (nSPS) is 14.3. The molecule has 0 saturated carbocycles. The lowest BCUT2D eigenvalue weighted by Gasteiger charge is -2.31. The first kappa shape index (κ1) is 18.5. The van der Waals surface area contributed by atoms with Gasteiger partial charge in [0.05, 0.1) is 0 Å². The first-order valence-electron chi connectivity index (χ1n) is 8.68. The molecule has 0 aliphatic heterocycles. The van der Waals surface area contributed by atoms with Crippen LogP contribution >= 0.6 is 0 Å². The summed E-state index contributed by atoms with van der Waals surface area (Å²) in [6.07, 6.45) is 2.32. The molecule has 1 nitrogen and oxygen atoms in total. The molecule has 0 radical (unpaired) electrons.